The van der Waals surface area contributed by atoms with Crippen LogP contribution in [0, 0.1) is 5.82 Å². The van der Waals surface area contributed by atoms with Crippen molar-refractivity contribution in [1.29, 1.82) is 0 Å². The number of allylic oxidation sites excluding steroid dienone is 1. The number of methoxy groups -OCH3 is 1. The molecule has 1 heterocycles. The summed E-state index contributed by atoms with van der Waals surface area (Å²) in [6.07, 6.45) is 0.231. The number of carbonyl (C=O) groups excluding carboxylic acids is 1. The van der Waals surface area contributed by atoms with Crippen molar-refractivity contribution in [3.8, 4) is 5.75 Å². The van der Waals surface area contributed by atoms with Crippen molar-refractivity contribution in [2.45, 2.75) is 24.8 Å². The first-order valence-electron chi connectivity index (χ1n) is 9.29. The summed E-state index contributed by atoms with van der Waals surface area (Å²) in [5.74, 6) is 1.10. The van der Waals surface area contributed by atoms with E-state index in [1.54, 1.807) is 5.94 Å². The largest absolute Gasteiger partial charge is 0.485 e. The van der Waals surface area contributed by atoms with Gasteiger partial charge in [-0.05, 0) is 5.56 Å². The summed E-state index contributed by atoms with van der Waals surface area (Å²) >= 11 is 6.33. The SMILES string of the molecule is COC1C=CC(C(N)=C=O)=C(c2c(Cl)c(F)cc3c2CC(c2ccccc2)O3)C1F. The van der Waals surface area contributed by atoms with Crippen LogP contribution in [0.15, 0.2) is 59.8 Å². The molecule has 0 amide bonds. The van der Waals surface area contributed by atoms with Gasteiger partial charge in [0, 0.05) is 41.9 Å². The summed E-state index contributed by atoms with van der Waals surface area (Å²) in [5.41, 5.74) is 7.16. The Morgan fingerprint density at radius 3 is 2.73 bits per heavy atom. The van der Waals surface area contributed by atoms with Crippen LogP contribution in [0.1, 0.15) is 22.8 Å². The molecule has 0 aromatic heterocycles. The monoisotopic (exact) mass is 429 g/mol. The maximum Gasteiger partial charge on any atom is 0.156 e. The minimum absolute atomic E-state index is 0.0109. The zero-order valence-electron chi connectivity index (χ0n) is 16.0. The van der Waals surface area contributed by atoms with Crippen LogP contribution in [0.2, 0.25) is 5.02 Å². The molecule has 0 radical (unpaired) electrons. The predicted molar refractivity (Wildman–Crippen MR) is 110 cm³/mol. The molecule has 2 N–H and O–H groups in total. The number of halogens is 3. The summed E-state index contributed by atoms with van der Waals surface area (Å²) in [4.78, 5) is 11.2. The van der Waals surface area contributed by atoms with E-state index >= 15 is 4.39 Å². The van der Waals surface area contributed by atoms with Gasteiger partial charge in [0.1, 0.15) is 29.5 Å². The van der Waals surface area contributed by atoms with Gasteiger partial charge in [0.15, 0.2) is 12.1 Å². The van der Waals surface area contributed by atoms with Crippen molar-refractivity contribution in [2.75, 3.05) is 7.11 Å². The molecule has 0 bridgehead atoms. The molecule has 7 heteroatoms. The molecule has 0 fully saturated rings. The molecule has 1 aliphatic heterocycles. The molecule has 3 unspecified atom stereocenters. The third-order valence-corrected chi connectivity index (χ3v) is 5.73. The number of ether oxygens (including phenoxy) is 2. The standard InChI is InChI=1S/C23H18ClF2NO3/c1-29-17-8-7-13(16(27)11-28)21(23(17)26)20-14-9-18(12-5-3-2-4-6-12)30-19(14)10-15(25)22(20)24/h2-8,10,17-18,23H,9,27H2,1H3. The Morgan fingerprint density at radius 1 is 1.33 bits per heavy atom. The molecule has 0 spiro atoms. The molecule has 30 heavy (non-hydrogen) atoms. The number of hydrogen-bond acceptors (Lipinski definition) is 4. The first kappa shape index (κ1) is 20.4. The van der Waals surface area contributed by atoms with Gasteiger partial charge in [-0.2, -0.15) is 0 Å². The van der Waals surface area contributed by atoms with Crippen LogP contribution in [-0.4, -0.2) is 25.3 Å². The average molecular weight is 430 g/mol. The maximum absolute atomic E-state index is 15.5. The lowest BCUT2D eigenvalue weighted by Crippen LogP contribution is -2.28. The number of hydrogen-bond donors (Lipinski definition) is 1. The van der Waals surface area contributed by atoms with Crippen molar-refractivity contribution in [3.05, 3.63) is 87.4 Å². The quantitative estimate of drug-likeness (QED) is 0.726. The van der Waals surface area contributed by atoms with Crippen molar-refractivity contribution in [3.63, 3.8) is 0 Å². The Bertz CT molecular complexity index is 1110. The Hall–Kier alpha value is -2.92. The molecule has 4 nitrogen and oxygen atoms in total. The van der Waals surface area contributed by atoms with E-state index in [1.807, 2.05) is 30.3 Å². The van der Waals surface area contributed by atoms with Gasteiger partial charge in [-0.1, -0.05) is 54.1 Å². The van der Waals surface area contributed by atoms with Gasteiger partial charge in [-0.3, -0.25) is 0 Å². The van der Waals surface area contributed by atoms with Crippen LogP contribution in [0.5, 0.6) is 5.75 Å². The third-order valence-electron chi connectivity index (χ3n) is 5.36. The van der Waals surface area contributed by atoms with Crippen LogP contribution in [-0.2, 0) is 16.0 Å². The van der Waals surface area contributed by atoms with Crippen molar-refractivity contribution in [1.82, 2.24) is 0 Å². The Morgan fingerprint density at radius 2 is 2.07 bits per heavy atom. The van der Waals surface area contributed by atoms with Gasteiger partial charge in [0.2, 0.25) is 0 Å². The zero-order valence-corrected chi connectivity index (χ0v) is 16.7. The maximum atomic E-state index is 15.5. The van der Waals surface area contributed by atoms with Crippen molar-refractivity contribution < 1.29 is 23.0 Å². The number of nitrogens with two attached hydrogens (primary N) is 1. The molecule has 2 aromatic rings. The normalized spacial score (nSPS) is 22.5. The van der Waals surface area contributed by atoms with Crippen LogP contribution in [0.4, 0.5) is 8.78 Å². The molecule has 154 valence electrons. The fourth-order valence-corrected chi connectivity index (χ4v) is 4.19. The molecule has 2 aromatic carbocycles. The van der Waals surface area contributed by atoms with E-state index in [4.69, 9.17) is 26.8 Å². The lowest BCUT2D eigenvalue weighted by molar-refractivity contribution is 0.0894. The summed E-state index contributed by atoms with van der Waals surface area (Å²) in [6, 6.07) is 10.6. The fourth-order valence-electron chi connectivity index (χ4n) is 3.91. The van der Waals surface area contributed by atoms with E-state index in [9.17, 15) is 9.18 Å². The van der Waals surface area contributed by atoms with Crippen molar-refractivity contribution >= 4 is 23.1 Å². The van der Waals surface area contributed by atoms with Crippen LogP contribution in [0.25, 0.3) is 5.57 Å². The van der Waals surface area contributed by atoms with Crippen LogP contribution >= 0.6 is 11.6 Å². The number of rotatable bonds is 4. The van der Waals surface area contributed by atoms with Gasteiger partial charge in [-0.25, -0.2) is 13.6 Å². The lowest BCUT2D eigenvalue weighted by Gasteiger charge is -2.27. The second-order valence-corrected chi connectivity index (χ2v) is 7.43. The number of benzene rings is 2. The van der Waals surface area contributed by atoms with E-state index in [0.29, 0.717) is 12.0 Å². The highest BCUT2D eigenvalue weighted by Crippen LogP contribution is 2.48. The smallest absolute Gasteiger partial charge is 0.156 e. The molecule has 2 aliphatic rings. The van der Waals surface area contributed by atoms with Crippen LogP contribution < -0.4 is 10.5 Å². The second kappa shape index (κ2) is 8.07. The summed E-state index contributed by atoms with van der Waals surface area (Å²) in [6.45, 7) is 0. The summed E-state index contributed by atoms with van der Waals surface area (Å²) in [5, 5.41) is -0.259. The highest BCUT2D eigenvalue weighted by Gasteiger charge is 2.37. The summed E-state index contributed by atoms with van der Waals surface area (Å²) < 4.78 is 41.4. The van der Waals surface area contributed by atoms with Gasteiger partial charge in [0.05, 0.1) is 5.02 Å². The molecule has 3 atom stereocenters. The zero-order chi connectivity index (χ0) is 21.4. The molecule has 0 saturated heterocycles. The van der Waals surface area contributed by atoms with Crippen LogP contribution in [0.3, 0.4) is 0 Å². The highest BCUT2D eigenvalue weighted by molar-refractivity contribution is 6.33. The van der Waals surface area contributed by atoms with Gasteiger partial charge in [0.25, 0.3) is 0 Å². The first-order valence-corrected chi connectivity index (χ1v) is 9.67. The minimum atomic E-state index is -1.72. The molecule has 4 rings (SSSR count). The first-order chi connectivity index (χ1) is 14.5. The topological polar surface area (TPSA) is 61.5 Å². The minimum Gasteiger partial charge on any atom is -0.485 e. The van der Waals surface area contributed by atoms with Gasteiger partial charge >= 0.3 is 0 Å². The third kappa shape index (κ3) is 3.33. The van der Waals surface area contributed by atoms with E-state index in [1.165, 1.54) is 25.3 Å². The molecular formula is C23H18ClF2NO3. The van der Waals surface area contributed by atoms with E-state index in [-0.39, 0.29) is 39.3 Å². The number of alkyl halides is 1. The van der Waals surface area contributed by atoms with Gasteiger partial charge in [-0.15, -0.1) is 0 Å². The number of fused-ring (bicyclic) bond motifs is 1. The molecule has 0 saturated carbocycles. The Kier molecular flexibility index (Phi) is 5.48. The highest BCUT2D eigenvalue weighted by atomic mass is 35.5. The van der Waals surface area contributed by atoms with Gasteiger partial charge < -0.3 is 15.2 Å². The Balaban J connectivity index is 1.92. The Labute approximate surface area is 177 Å². The fraction of sp³-hybridized carbons (Fsp3) is 0.217. The van der Waals surface area contributed by atoms with E-state index in [2.05, 4.69) is 0 Å². The lowest BCUT2D eigenvalue weighted by atomic mass is 9.84. The average Bonchev–Trinajstić information content (AvgIpc) is 3.18. The summed E-state index contributed by atoms with van der Waals surface area (Å²) in [7, 11) is 1.36. The van der Waals surface area contributed by atoms with Crippen molar-refractivity contribution in [2.24, 2.45) is 5.73 Å². The molecule has 1 aliphatic carbocycles. The van der Waals surface area contributed by atoms with E-state index < -0.39 is 18.1 Å². The van der Waals surface area contributed by atoms with E-state index in [0.717, 1.165) is 5.56 Å². The second-order valence-electron chi connectivity index (χ2n) is 7.05. The molecular weight excluding hydrogens is 412 g/mol. The predicted octanol–water partition coefficient (Wildman–Crippen LogP) is 4.51.